The van der Waals surface area contributed by atoms with E-state index in [1.165, 1.54) is 4.80 Å². The Morgan fingerprint density at radius 2 is 2.00 bits per heavy atom. The maximum Gasteiger partial charge on any atom is 0.358 e. The summed E-state index contributed by atoms with van der Waals surface area (Å²) in [5.41, 5.74) is 2.82. The van der Waals surface area contributed by atoms with E-state index >= 15 is 0 Å². The van der Waals surface area contributed by atoms with Crippen LogP contribution in [0.3, 0.4) is 0 Å². The fourth-order valence-corrected chi connectivity index (χ4v) is 2.13. The van der Waals surface area contributed by atoms with E-state index in [0.29, 0.717) is 17.0 Å². The second kappa shape index (κ2) is 4.72. The van der Waals surface area contributed by atoms with Crippen molar-refractivity contribution in [2.45, 2.75) is 13.8 Å². The lowest BCUT2D eigenvalue weighted by Gasteiger charge is -2.11. The van der Waals surface area contributed by atoms with Gasteiger partial charge in [-0.3, -0.25) is 0 Å². The van der Waals surface area contributed by atoms with Gasteiger partial charge in [0, 0.05) is 12.6 Å². The van der Waals surface area contributed by atoms with E-state index in [4.69, 9.17) is 4.74 Å². The SMILES string of the molecule is COc1c(C)cc(C)cc1-c1nn(C)nc1C(=O)O. The molecule has 0 saturated heterocycles. The Balaban J connectivity index is 2.74. The summed E-state index contributed by atoms with van der Waals surface area (Å²) in [4.78, 5) is 12.5. The summed E-state index contributed by atoms with van der Waals surface area (Å²) in [5, 5.41) is 17.2. The molecule has 6 heteroatoms. The number of carboxylic acids is 1. The molecule has 2 rings (SSSR count). The first-order chi connectivity index (χ1) is 8.93. The molecule has 0 amide bonds. The molecular formula is C13H15N3O3. The molecule has 1 aromatic heterocycles. The van der Waals surface area contributed by atoms with E-state index in [1.54, 1.807) is 14.2 Å². The number of rotatable bonds is 3. The third kappa shape index (κ3) is 2.29. The summed E-state index contributed by atoms with van der Waals surface area (Å²) >= 11 is 0. The molecule has 1 aromatic carbocycles. The average molecular weight is 261 g/mol. The quantitative estimate of drug-likeness (QED) is 0.911. The van der Waals surface area contributed by atoms with Gasteiger partial charge in [0.05, 0.1) is 7.11 Å². The molecule has 0 aliphatic carbocycles. The second-order valence-electron chi connectivity index (χ2n) is 4.35. The van der Waals surface area contributed by atoms with Gasteiger partial charge in [0.15, 0.2) is 5.69 Å². The number of aromatic nitrogens is 3. The number of nitrogens with zero attached hydrogens (tertiary/aromatic N) is 3. The van der Waals surface area contributed by atoms with E-state index in [1.807, 2.05) is 26.0 Å². The van der Waals surface area contributed by atoms with Crippen molar-refractivity contribution >= 4 is 5.97 Å². The smallest absolute Gasteiger partial charge is 0.358 e. The largest absolute Gasteiger partial charge is 0.496 e. The lowest BCUT2D eigenvalue weighted by Crippen LogP contribution is -2.01. The molecule has 0 radical (unpaired) electrons. The monoisotopic (exact) mass is 261 g/mol. The zero-order chi connectivity index (χ0) is 14.2. The van der Waals surface area contributed by atoms with Crippen LogP contribution in [0.15, 0.2) is 12.1 Å². The number of hydrogen-bond acceptors (Lipinski definition) is 4. The third-order valence-corrected chi connectivity index (χ3v) is 2.79. The normalized spacial score (nSPS) is 10.5. The fraction of sp³-hybridized carbons (Fsp3) is 0.308. The van der Waals surface area contributed by atoms with Crippen LogP contribution < -0.4 is 4.74 Å². The number of carbonyl (C=O) groups is 1. The Morgan fingerprint density at radius 3 is 2.58 bits per heavy atom. The van der Waals surface area contributed by atoms with Crippen LogP contribution in [0.25, 0.3) is 11.3 Å². The molecular weight excluding hydrogens is 246 g/mol. The van der Waals surface area contributed by atoms with Gasteiger partial charge in [-0.2, -0.15) is 9.90 Å². The topological polar surface area (TPSA) is 77.2 Å². The minimum Gasteiger partial charge on any atom is -0.496 e. The predicted molar refractivity (Wildman–Crippen MR) is 69.4 cm³/mol. The molecule has 6 nitrogen and oxygen atoms in total. The van der Waals surface area contributed by atoms with Crippen LogP contribution in [0.2, 0.25) is 0 Å². The maximum absolute atomic E-state index is 11.2. The van der Waals surface area contributed by atoms with Gasteiger partial charge in [-0.15, -0.1) is 5.10 Å². The summed E-state index contributed by atoms with van der Waals surface area (Å²) in [6.45, 7) is 3.85. The molecule has 100 valence electrons. The van der Waals surface area contributed by atoms with Crippen LogP contribution in [0.1, 0.15) is 21.6 Å². The summed E-state index contributed by atoms with van der Waals surface area (Å²) in [6.07, 6.45) is 0. The number of methoxy groups -OCH3 is 1. The molecule has 1 heterocycles. The van der Waals surface area contributed by atoms with Gasteiger partial charge in [-0.25, -0.2) is 4.79 Å². The molecule has 0 bridgehead atoms. The van der Waals surface area contributed by atoms with Gasteiger partial charge >= 0.3 is 5.97 Å². The minimum absolute atomic E-state index is 0.0780. The van der Waals surface area contributed by atoms with Crippen molar-refractivity contribution in [1.29, 1.82) is 0 Å². The second-order valence-corrected chi connectivity index (χ2v) is 4.35. The molecule has 0 spiro atoms. The van der Waals surface area contributed by atoms with E-state index in [2.05, 4.69) is 10.2 Å². The first-order valence-electron chi connectivity index (χ1n) is 5.74. The Bertz CT molecular complexity index is 647. The number of hydrogen-bond donors (Lipinski definition) is 1. The lowest BCUT2D eigenvalue weighted by atomic mass is 10.0. The van der Waals surface area contributed by atoms with E-state index in [9.17, 15) is 9.90 Å². The minimum atomic E-state index is -1.11. The fourth-order valence-electron chi connectivity index (χ4n) is 2.13. The van der Waals surface area contributed by atoms with Crippen molar-refractivity contribution in [3.8, 4) is 17.0 Å². The highest BCUT2D eigenvalue weighted by atomic mass is 16.5. The van der Waals surface area contributed by atoms with Gasteiger partial charge in [0.1, 0.15) is 11.4 Å². The Hall–Kier alpha value is -2.37. The van der Waals surface area contributed by atoms with Crippen molar-refractivity contribution in [2.24, 2.45) is 7.05 Å². The van der Waals surface area contributed by atoms with Crippen molar-refractivity contribution in [3.63, 3.8) is 0 Å². The molecule has 0 saturated carbocycles. The third-order valence-electron chi connectivity index (χ3n) is 2.79. The van der Waals surface area contributed by atoms with Crippen LogP contribution in [0, 0.1) is 13.8 Å². The highest BCUT2D eigenvalue weighted by Gasteiger charge is 2.22. The molecule has 19 heavy (non-hydrogen) atoms. The van der Waals surface area contributed by atoms with Gasteiger partial charge < -0.3 is 9.84 Å². The summed E-state index contributed by atoms with van der Waals surface area (Å²) in [5.74, 6) is -0.488. The van der Waals surface area contributed by atoms with E-state index < -0.39 is 5.97 Å². The van der Waals surface area contributed by atoms with Gasteiger partial charge in [-0.05, 0) is 31.0 Å². The lowest BCUT2D eigenvalue weighted by molar-refractivity contribution is 0.0690. The highest BCUT2D eigenvalue weighted by Crippen LogP contribution is 2.34. The number of ether oxygens (including phenoxy) is 1. The molecule has 2 aromatic rings. The van der Waals surface area contributed by atoms with Crippen LogP contribution in [-0.2, 0) is 7.05 Å². The number of aryl methyl sites for hydroxylation is 3. The van der Waals surface area contributed by atoms with Gasteiger partial charge in [0.2, 0.25) is 0 Å². The average Bonchev–Trinajstić information content (AvgIpc) is 2.70. The number of benzene rings is 1. The number of aromatic carboxylic acids is 1. The molecule has 0 aliphatic rings. The molecule has 1 N–H and O–H groups in total. The predicted octanol–water partition coefficient (Wildman–Crippen LogP) is 1.81. The highest BCUT2D eigenvalue weighted by molar-refractivity contribution is 5.93. The van der Waals surface area contributed by atoms with Crippen molar-refractivity contribution in [3.05, 3.63) is 29.0 Å². The van der Waals surface area contributed by atoms with Crippen molar-refractivity contribution in [1.82, 2.24) is 15.0 Å². The van der Waals surface area contributed by atoms with Crippen molar-refractivity contribution in [2.75, 3.05) is 7.11 Å². The number of carboxylic acid groups (broad SMARTS) is 1. The Kier molecular flexibility index (Phi) is 3.25. The van der Waals surface area contributed by atoms with Crippen LogP contribution in [0.5, 0.6) is 5.75 Å². The zero-order valence-electron chi connectivity index (χ0n) is 11.3. The molecule has 0 atom stereocenters. The van der Waals surface area contributed by atoms with Crippen molar-refractivity contribution < 1.29 is 14.6 Å². The zero-order valence-corrected chi connectivity index (χ0v) is 11.3. The maximum atomic E-state index is 11.2. The Labute approximate surface area is 110 Å². The Morgan fingerprint density at radius 1 is 1.32 bits per heavy atom. The summed E-state index contributed by atoms with van der Waals surface area (Å²) in [7, 11) is 3.14. The summed E-state index contributed by atoms with van der Waals surface area (Å²) in [6, 6.07) is 3.82. The van der Waals surface area contributed by atoms with Crippen LogP contribution in [0.4, 0.5) is 0 Å². The van der Waals surface area contributed by atoms with E-state index in [-0.39, 0.29) is 5.69 Å². The molecule has 0 fully saturated rings. The van der Waals surface area contributed by atoms with Gasteiger partial charge in [-0.1, -0.05) is 6.07 Å². The standard InChI is InChI=1S/C13H15N3O3/c1-7-5-8(2)12(19-4)9(6-7)10-11(13(17)18)15-16(3)14-10/h5-6H,1-4H3,(H,17,18). The molecule has 0 unspecified atom stereocenters. The van der Waals surface area contributed by atoms with Crippen LogP contribution in [-0.4, -0.2) is 33.2 Å². The van der Waals surface area contributed by atoms with E-state index in [0.717, 1.165) is 11.1 Å². The first kappa shape index (κ1) is 13.1. The summed E-state index contributed by atoms with van der Waals surface area (Å²) < 4.78 is 5.36. The first-order valence-corrected chi connectivity index (χ1v) is 5.74. The van der Waals surface area contributed by atoms with Gasteiger partial charge in [0.25, 0.3) is 0 Å². The van der Waals surface area contributed by atoms with Crippen LogP contribution >= 0.6 is 0 Å². The molecule has 0 aliphatic heterocycles.